The lowest BCUT2D eigenvalue weighted by Gasteiger charge is -2.23. The topological polar surface area (TPSA) is 66.5 Å². The van der Waals surface area contributed by atoms with Gasteiger partial charge in [-0.05, 0) is 44.4 Å². The summed E-state index contributed by atoms with van der Waals surface area (Å²) in [6, 6.07) is 17.1. The van der Waals surface area contributed by atoms with Crippen LogP contribution in [0.15, 0.2) is 54.6 Å². The fourth-order valence-corrected chi connectivity index (χ4v) is 3.52. The van der Waals surface area contributed by atoms with Crippen LogP contribution in [-0.2, 0) is 21.2 Å². The number of aryl methyl sites for hydroxylation is 2. The number of benzene rings is 2. The van der Waals surface area contributed by atoms with E-state index in [2.05, 4.69) is 17.4 Å². The minimum Gasteiger partial charge on any atom is -0.352 e. The lowest BCUT2D eigenvalue weighted by atomic mass is 10.1. The third kappa shape index (κ3) is 6.19. The van der Waals surface area contributed by atoms with E-state index in [4.69, 9.17) is 0 Å². The first-order valence-corrected chi connectivity index (χ1v) is 10.5. The van der Waals surface area contributed by atoms with Crippen LogP contribution in [-0.4, -0.2) is 33.2 Å². The van der Waals surface area contributed by atoms with Crippen LogP contribution in [0.25, 0.3) is 0 Å². The summed E-state index contributed by atoms with van der Waals surface area (Å²) < 4.78 is 25.3. The molecule has 2 rings (SSSR count). The van der Waals surface area contributed by atoms with Crippen molar-refractivity contribution >= 4 is 21.6 Å². The largest absolute Gasteiger partial charge is 0.352 e. The van der Waals surface area contributed by atoms with Gasteiger partial charge in [0.1, 0.15) is 6.54 Å². The first-order valence-electron chi connectivity index (χ1n) is 8.63. The summed E-state index contributed by atoms with van der Waals surface area (Å²) in [6.07, 6.45) is 2.76. The third-order valence-electron chi connectivity index (χ3n) is 4.13. The van der Waals surface area contributed by atoms with Crippen molar-refractivity contribution in [3.63, 3.8) is 0 Å². The van der Waals surface area contributed by atoms with Crippen LogP contribution >= 0.6 is 0 Å². The maximum atomic E-state index is 12.3. The number of sulfonamides is 1. The molecule has 0 aliphatic carbocycles. The zero-order valence-electron chi connectivity index (χ0n) is 15.5. The van der Waals surface area contributed by atoms with E-state index in [9.17, 15) is 13.2 Å². The number of amides is 1. The van der Waals surface area contributed by atoms with Gasteiger partial charge in [-0.3, -0.25) is 9.10 Å². The van der Waals surface area contributed by atoms with Gasteiger partial charge < -0.3 is 5.32 Å². The van der Waals surface area contributed by atoms with Gasteiger partial charge in [0.25, 0.3) is 0 Å². The predicted octanol–water partition coefficient (Wildman–Crippen LogP) is 2.90. The van der Waals surface area contributed by atoms with Crippen LogP contribution in [0.2, 0.25) is 0 Å². The molecule has 140 valence electrons. The van der Waals surface area contributed by atoms with Gasteiger partial charge in [-0.2, -0.15) is 0 Å². The number of carbonyl (C=O) groups is 1. The number of nitrogens with one attached hydrogen (secondary N) is 1. The summed E-state index contributed by atoms with van der Waals surface area (Å²) in [5, 5.41) is 2.89. The average Bonchev–Trinajstić information content (AvgIpc) is 2.59. The Bertz CT molecular complexity index is 818. The number of carbonyl (C=O) groups excluding carboxylic acids is 1. The zero-order valence-corrected chi connectivity index (χ0v) is 16.3. The Morgan fingerprint density at radius 2 is 1.69 bits per heavy atom. The van der Waals surface area contributed by atoms with Gasteiger partial charge in [-0.1, -0.05) is 48.0 Å². The van der Waals surface area contributed by atoms with Crippen LogP contribution in [0.5, 0.6) is 0 Å². The number of anilines is 1. The van der Waals surface area contributed by atoms with Crippen molar-refractivity contribution in [2.24, 2.45) is 0 Å². The third-order valence-corrected chi connectivity index (χ3v) is 5.27. The fraction of sp³-hybridized carbons (Fsp3) is 0.350. The SMILES string of the molecule is Cc1ccc(N(CC(=O)N[C@@H](C)CCc2ccccc2)S(C)(=O)=O)cc1. The maximum absolute atomic E-state index is 12.3. The number of hydrogen-bond acceptors (Lipinski definition) is 3. The normalized spacial score (nSPS) is 12.4. The average molecular weight is 375 g/mol. The van der Waals surface area contributed by atoms with E-state index in [0.717, 1.165) is 29.0 Å². The number of rotatable bonds is 8. The summed E-state index contributed by atoms with van der Waals surface area (Å²) >= 11 is 0. The Morgan fingerprint density at radius 1 is 1.08 bits per heavy atom. The molecule has 0 saturated heterocycles. The lowest BCUT2D eigenvalue weighted by Crippen LogP contribution is -2.43. The zero-order chi connectivity index (χ0) is 19.2. The molecule has 0 fully saturated rings. The second kappa shape index (κ2) is 8.85. The van der Waals surface area contributed by atoms with Gasteiger partial charge in [0.15, 0.2) is 0 Å². The van der Waals surface area contributed by atoms with Crippen molar-refractivity contribution in [1.29, 1.82) is 0 Å². The molecule has 0 aliphatic rings. The Morgan fingerprint density at radius 3 is 2.27 bits per heavy atom. The predicted molar refractivity (Wildman–Crippen MR) is 106 cm³/mol. The summed E-state index contributed by atoms with van der Waals surface area (Å²) in [4.78, 5) is 12.3. The Balaban J connectivity index is 1.95. The molecule has 26 heavy (non-hydrogen) atoms. The molecule has 0 heterocycles. The van der Waals surface area contributed by atoms with Crippen LogP contribution in [0.1, 0.15) is 24.5 Å². The van der Waals surface area contributed by atoms with Gasteiger partial charge in [0.2, 0.25) is 15.9 Å². The van der Waals surface area contributed by atoms with E-state index < -0.39 is 10.0 Å². The second-order valence-electron chi connectivity index (χ2n) is 6.60. The molecule has 2 aromatic carbocycles. The van der Waals surface area contributed by atoms with Crippen LogP contribution in [0, 0.1) is 6.92 Å². The summed E-state index contributed by atoms with van der Waals surface area (Å²) in [7, 11) is -3.54. The van der Waals surface area contributed by atoms with Crippen molar-refractivity contribution < 1.29 is 13.2 Å². The quantitative estimate of drug-likeness (QED) is 0.773. The molecule has 0 aromatic heterocycles. The van der Waals surface area contributed by atoms with Crippen LogP contribution < -0.4 is 9.62 Å². The van der Waals surface area contributed by atoms with Crippen molar-refractivity contribution in [1.82, 2.24) is 5.32 Å². The Labute approximate surface area is 156 Å². The highest BCUT2D eigenvalue weighted by molar-refractivity contribution is 7.92. The minimum atomic E-state index is -3.54. The van der Waals surface area contributed by atoms with Crippen molar-refractivity contribution in [3.05, 3.63) is 65.7 Å². The molecule has 0 unspecified atom stereocenters. The van der Waals surface area contributed by atoms with Crippen LogP contribution in [0.3, 0.4) is 0 Å². The molecule has 2 aromatic rings. The van der Waals surface area contributed by atoms with Gasteiger partial charge >= 0.3 is 0 Å². The second-order valence-corrected chi connectivity index (χ2v) is 8.50. The van der Waals surface area contributed by atoms with E-state index in [-0.39, 0.29) is 18.5 Å². The minimum absolute atomic E-state index is 0.0397. The van der Waals surface area contributed by atoms with E-state index in [1.165, 1.54) is 5.56 Å². The molecular weight excluding hydrogens is 348 g/mol. The summed E-state index contributed by atoms with van der Waals surface area (Å²) in [5.74, 6) is -0.309. The molecule has 1 atom stereocenters. The van der Waals surface area contributed by atoms with Crippen molar-refractivity contribution in [2.75, 3.05) is 17.1 Å². The van der Waals surface area contributed by atoms with Crippen molar-refractivity contribution in [2.45, 2.75) is 32.7 Å². The molecule has 6 heteroatoms. The number of hydrogen-bond donors (Lipinski definition) is 1. The molecular formula is C20H26N2O3S. The van der Waals surface area contributed by atoms with Crippen molar-refractivity contribution in [3.8, 4) is 0 Å². The monoisotopic (exact) mass is 374 g/mol. The highest BCUT2D eigenvalue weighted by atomic mass is 32.2. The lowest BCUT2D eigenvalue weighted by molar-refractivity contribution is -0.120. The van der Waals surface area contributed by atoms with E-state index >= 15 is 0 Å². The fourth-order valence-electron chi connectivity index (χ4n) is 2.66. The van der Waals surface area contributed by atoms with E-state index in [1.807, 2.05) is 44.2 Å². The molecule has 5 nitrogen and oxygen atoms in total. The van der Waals surface area contributed by atoms with Gasteiger partial charge in [0.05, 0.1) is 11.9 Å². The summed E-state index contributed by atoms with van der Waals surface area (Å²) in [6.45, 7) is 3.63. The molecule has 0 bridgehead atoms. The molecule has 0 radical (unpaired) electrons. The van der Waals surface area contributed by atoms with Crippen LogP contribution in [0.4, 0.5) is 5.69 Å². The first-order chi connectivity index (χ1) is 12.3. The standard InChI is InChI=1S/C20H26N2O3S/c1-16-9-13-19(14-10-16)22(26(3,24)25)15-20(23)21-17(2)11-12-18-7-5-4-6-8-18/h4-10,13-14,17H,11-12,15H2,1-3H3,(H,21,23)/t17-/m0/s1. The highest BCUT2D eigenvalue weighted by Crippen LogP contribution is 2.18. The summed E-state index contributed by atoms with van der Waals surface area (Å²) in [5.41, 5.74) is 2.73. The highest BCUT2D eigenvalue weighted by Gasteiger charge is 2.21. The Kier molecular flexibility index (Phi) is 6.80. The molecule has 1 N–H and O–H groups in total. The van der Waals surface area contributed by atoms with E-state index in [1.54, 1.807) is 12.1 Å². The van der Waals surface area contributed by atoms with E-state index in [0.29, 0.717) is 5.69 Å². The first kappa shape index (κ1) is 20.0. The smallest absolute Gasteiger partial charge is 0.240 e. The number of nitrogens with zero attached hydrogens (tertiary/aromatic N) is 1. The molecule has 0 spiro atoms. The molecule has 0 aliphatic heterocycles. The van der Waals surface area contributed by atoms with Gasteiger partial charge in [-0.25, -0.2) is 8.42 Å². The van der Waals surface area contributed by atoms with Gasteiger partial charge in [0, 0.05) is 6.04 Å². The molecule has 0 saturated carbocycles. The Hall–Kier alpha value is -2.34. The molecule has 1 amide bonds. The van der Waals surface area contributed by atoms with Gasteiger partial charge in [-0.15, -0.1) is 0 Å². The maximum Gasteiger partial charge on any atom is 0.240 e.